The number of nitrogens with one attached hydrogen (secondary N) is 1. The lowest BCUT2D eigenvalue weighted by Crippen LogP contribution is -2.40. The summed E-state index contributed by atoms with van der Waals surface area (Å²) in [5.74, 6) is -0.696. The fourth-order valence-electron chi connectivity index (χ4n) is 2.99. The molecular weight excluding hydrogens is 348 g/mol. The molecule has 3 heterocycles. The number of aromatic nitrogens is 4. The van der Waals surface area contributed by atoms with Gasteiger partial charge in [-0.15, -0.1) is 0 Å². The Hall–Kier alpha value is -3.62. The van der Waals surface area contributed by atoms with Crippen LogP contribution in [0, 0.1) is 0 Å². The molecule has 0 fully saturated rings. The second-order valence-corrected chi connectivity index (χ2v) is 6.16. The van der Waals surface area contributed by atoms with Crippen LogP contribution in [0.5, 0.6) is 0 Å². The van der Waals surface area contributed by atoms with Gasteiger partial charge >= 0.3 is 0 Å². The van der Waals surface area contributed by atoms with E-state index in [2.05, 4.69) is 20.4 Å². The topological polar surface area (TPSA) is 110 Å². The van der Waals surface area contributed by atoms with Gasteiger partial charge in [0, 0.05) is 18.9 Å². The van der Waals surface area contributed by atoms with Crippen molar-refractivity contribution >= 4 is 23.5 Å². The Morgan fingerprint density at radius 3 is 2.56 bits per heavy atom. The minimum Gasteiger partial charge on any atom is -0.355 e. The zero-order valence-electron chi connectivity index (χ0n) is 14.3. The Bertz CT molecular complexity index is 1010. The van der Waals surface area contributed by atoms with Gasteiger partial charge in [-0.05, 0) is 30.5 Å². The van der Waals surface area contributed by atoms with Gasteiger partial charge in [0.15, 0.2) is 0 Å². The maximum Gasteiger partial charge on any atom is 0.262 e. The first-order valence-corrected chi connectivity index (χ1v) is 8.49. The van der Waals surface area contributed by atoms with E-state index in [1.165, 1.54) is 6.33 Å². The normalized spacial score (nSPS) is 13.3. The zero-order valence-corrected chi connectivity index (χ0v) is 14.3. The molecular formula is C18H16N6O3. The number of rotatable bonds is 6. The minimum atomic E-state index is -0.432. The van der Waals surface area contributed by atoms with Crippen LogP contribution in [0.2, 0.25) is 0 Å². The largest absolute Gasteiger partial charge is 0.355 e. The van der Waals surface area contributed by atoms with Crippen molar-refractivity contribution in [1.29, 1.82) is 0 Å². The number of benzene rings is 1. The molecule has 0 radical (unpaired) electrons. The molecule has 0 atom stereocenters. The molecule has 1 aliphatic heterocycles. The molecule has 4 rings (SSSR count). The Morgan fingerprint density at radius 2 is 1.81 bits per heavy atom. The fourth-order valence-corrected chi connectivity index (χ4v) is 2.99. The SMILES string of the molecule is O=C(CN1C(=O)c2ccccc2C1=O)NCCCc1cnc2ncnn2c1. The first kappa shape index (κ1) is 16.8. The number of hydrogen-bond acceptors (Lipinski definition) is 6. The van der Waals surface area contributed by atoms with Crippen molar-refractivity contribution < 1.29 is 14.4 Å². The number of amides is 3. The molecule has 0 saturated heterocycles. The van der Waals surface area contributed by atoms with Crippen LogP contribution in [-0.4, -0.2) is 55.3 Å². The number of aryl methyl sites for hydroxylation is 1. The predicted molar refractivity (Wildman–Crippen MR) is 93.9 cm³/mol. The molecule has 9 heteroatoms. The Balaban J connectivity index is 1.26. The third-order valence-corrected chi connectivity index (χ3v) is 4.33. The molecule has 1 aliphatic rings. The van der Waals surface area contributed by atoms with Crippen LogP contribution in [0.4, 0.5) is 0 Å². The lowest BCUT2D eigenvalue weighted by Gasteiger charge is -2.13. The highest BCUT2D eigenvalue weighted by atomic mass is 16.2. The van der Waals surface area contributed by atoms with E-state index in [1.54, 1.807) is 35.0 Å². The van der Waals surface area contributed by atoms with E-state index in [-0.39, 0.29) is 12.5 Å². The van der Waals surface area contributed by atoms with Crippen molar-refractivity contribution in [2.24, 2.45) is 0 Å². The van der Waals surface area contributed by atoms with Crippen molar-refractivity contribution in [3.63, 3.8) is 0 Å². The van der Waals surface area contributed by atoms with Gasteiger partial charge in [0.25, 0.3) is 17.6 Å². The standard InChI is InChI=1S/C18H16N6O3/c25-15(10-23-16(26)13-5-1-2-6-14(13)17(23)27)19-7-3-4-12-8-20-18-21-11-22-24(18)9-12/h1-2,5-6,8-9,11H,3-4,7,10H2,(H,19,25). The summed E-state index contributed by atoms with van der Waals surface area (Å²) < 4.78 is 1.59. The Labute approximate surface area is 154 Å². The number of nitrogens with zero attached hydrogens (tertiary/aromatic N) is 5. The van der Waals surface area contributed by atoms with Crippen LogP contribution in [0.3, 0.4) is 0 Å². The molecule has 3 amide bonds. The van der Waals surface area contributed by atoms with Gasteiger partial charge in [0.1, 0.15) is 12.9 Å². The molecule has 27 heavy (non-hydrogen) atoms. The number of fused-ring (bicyclic) bond motifs is 2. The molecule has 9 nitrogen and oxygen atoms in total. The van der Waals surface area contributed by atoms with Gasteiger partial charge in [-0.1, -0.05) is 12.1 Å². The number of carbonyl (C=O) groups is 3. The van der Waals surface area contributed by atoms with Gasteiger partial charge < -0.3 is 5.32 Å². The summed E-state index contributed by atoms with van der Waals surface area (Å²) in [6, 6.07) is 6.57. The number of imide groups is 1. The summed E-state index contributed by atoms with van der Waals surface area (Å²) in [6.07, 6.45) is 6.40. The highest BCUT2D eigenvalue weighted by Gasteiger charge is 2.36. The van der Waals surface area contributed by atoms with Crippen molar-refractivity contribution in [3.05, 3.63) is 59.7 Å². The molecule has 1 N–H and O–H groups in total. The van der Waals surface area contributed by atoms with E-state index in [0.29, 0.717) is 36.3 Å². The van der Waals surface area contributed by atoms with Crippen LogP contribution < -0.4 is 5.32 Å². The highest BCUT2D eigenvalue weighted by Crippen LogP contribution is 2.21. The summed E-state index contributed by atoms with van der Waals surface area (Å²) in [7, 11) is 0. The summed E-state index contributed by atoms with van der Waals surface area (Å²) >= 11 is 0. The summed E-state index contributed by atoms with van der Waals surface area (Å²) in [5.41, 5.74) is 1.65. The predicted octanol–water partition coefficient (Wildman–Crippen LogP) is 0.469. The van der Waals surface area contributed by atoms with Gasteiger partial charge in [-0.25, -0.2) is 9.50 Å². The van der Waals surface area contributed by atoms with Crippen LogP contribution in [0.15, 0.2) is 43.0 Å². The second-order valence-electron chi connectivity index (χ2n) is 6.16. The first-order chi connectivity index (χ1) is 13.1. The van der Waals surface area contributed by atoms with Crippen molar-refractivity contribution in [2.75, 3.05) is 13.1 Å². The van der Waals surface area contributed by atoms with Crippen molar-refractivity contribution in [1.82, 2.24) is 29.8 Å². The third kappa shape index (κ3) is 3.26. The molecule has 0 saturated carbocycles. The Morgan fingerprint density at radius 1 is 1.07 bits per heavy atom. The molecule has 2 aromatic heterocycles. The summed E-state index contributed by atoms with van der Waals surface area (Å²) in [4.78, 5) is 45.7. The lowest BCUT2D eigenvalue weighted by molar-refractivity contribution is -0.121. The number of carbonyl (C=O) groups excluding carboxylic acids is 3. The lowest BCUT2D eigenvalue weighted by atomic mass is 10.1. The van der Waals surface area contributed by atoms with E-state index >= 15 is 0 Å². The molecule has 1 aromatic carbocycles. The summed E-state index contributed by atoms with van der Waals surface area (Å²) in [6.45, 7) is 0.149. The fraction of sp³-hybridized carbons (Fsp3) is 0.222. The maximum absolute atomic E-state index is 12.2. The van der Waals surface area contributed by atoms with Crippen molar-refractivity contribution in [3.8, 4) is 0 Å². The van der Waals surface area contributed by atoms with Gasteiger partial charge in [0.05, 0.1) is 11.1 Å². The van der Waals surface area contributed by atoms with E-state index < -0.39 is 11.8 Å². The van der Waals surface area contributed by atoms with Gasteiger partial charge in [-0.2, -0.15) is 10.1 Å². The van der Waals surface area contributed by atoms with Crippen molar-refractivity contribution in [2.45, 2.75) is 12.8 Å². The zero-order chi connectivity index (χ0) is 18.8. The number of hydrogen-bond donors (Lipinski definition) is 1. The Kier molecular flexibility index (Phi) is 4.33. The molecule has 0 bridgehead atoms. The first-order valence-electron chi connectivity index (χ1n) is 8.49. The monoisotopic (exact) mass is 364 g/mol. The molecule has 0 unspecified atom stereocenters. The van der Waals surface area contributed by atoms with Crippen LogP contribution in [0.1, 0.15) is 32.7 Å². The van der Waals surface area contributed by atoms with Gasteiger partial charge in [0.2, 0.25) is 5.91 Å². The quantitative estimate of drug-likeness (QED) is 0.503. The van der Waals surface area contributed by atoms with Crippen LogP contribution >= 0.6 is 0 Å². The third-order valence-electron chi connectivity index (χ3n) is 4.33. The average molecular weight is 364 g/mol. The second kappa shape index (κ2) is 6.94. The van der Waals surface area contributed by atoms with Crippen LogP contribution in [-0.2, 0) is 11.2 Å². The van der Waals surface area contributed by atoms with Gasteiger partial charge in [-0.3, -0.25) is 19.3 Å². The minimum absolute atomic E-state index is 0.279. The van der Waals surface area contributed by atoms with E-state index in [0.717, 1.165) is 10.5 Å². The highest BCUT2D eigenvalue weighted by molar-refractivity contribution is 6.22. The molecule has 0 aliphatic carbocycles. The smallest absolute Gasteiger partial charge is 0.262 e. The molecule has 3 aromatic rings. The average Bonchev–Trinajstić information content (AvgIpc) is 3.24. The van der Waals surface area contributed by atoms with Crippen LogP contribution in [0.25, 0.3) is 5.78 Å². The maximum atomic E-state index is 12.2. The summed E-state index contributed by atoms with van der Waals surface area (Å²) in [5, 5.41) is 6.77. The van der Waals surface area contributed by atoms with E-state index in [4.69, 9.17) is 0 Å². The molecule has 0 spiro atoms. The molecule has 136 valence electrons. The van der Waals surface area contributed by atoms with E-state index in [9.17, 15) is 14.4 Å². The van der Waals surface area contributed by atoms with E-state index in [1.807, 2.05) is 6.20 Å².